The monoisotopic (exact) mass is 931 g/mol. The van der Waals surface area contributed by atoms with Crippen LogP contribution >= 0.6 is 0 Å². The molecule has 0 nitrogen and oxygen atoms in total. The van der Waals surface area contributed by atoms with Crippen LogP contribution in [0.1, 0.15) is 350 Å². The summed E-state index contributed by atoms with van der Waals surface area (Å²) in [6.07, 6.45) is 72.0. The van der Waals surface area contributed by atoms with E-state index in [1.807, 2.05) is 0 Å². The summed E-state index contributed by atoms with van der Waals surface area (Å²) in [6, 6.07) is 13.8. The predicted molar refractivity (Wildman–Crippen MR) is 306 cm³/mol. The van der Waals surface area contributed by atoms with E-state index in [2.05, 4.69) is 41.5 Å². The van der Waals surface area contributed by atoms with E-state index in [1.165, 1.54) is 231 Å². The maximum absolute atomic E-state index is 2.38. The lowest BCUT2D eigenvalue weighted by atomic mass is 10.1. The fraction of sp³-hybridized carbons (Fsp3) is 1.00. The van der Waals surface area contributed by atoms with Crippen molar-refractivity contribution in [2.45, 2.75) is 398 Å². The first-order chi connectivity index (χ1) is 31.6. The first-order valence-electron chi connectivity index (χ1n) is 31.6. The van der Waals surface area contributed by atoms with E-state index in [4.69, 9.17) is 0 Å². The van der Waals surface area contributed by atoms with Crippen LogP contribution < -0.4 is 0 Å². The molecular weight excluding hydrogens is 801 g/mol. The molecule has 386 valence electrons. The Morgan fingerprint density at radius 3 is 0.359 bits per heavy atom. The van der Waals surface area contributed by atoms with E-state index in [1.54, 1.807) is 125 Å². The van der Waals surface area contributed by atoms with Crippen LogP contribution in [-0.2, 0) is 0 Å². The molecule has 0 atom stereocenters. The molecule has 0 spiro atoms. The molecule has 0 unspecified atom stereocenters. The minimum Gasteiger partial charge on any atom is -0.0654 e. The van der Waals surface area contributed by atoms with Crippen LogP contribution in [0, 0.1) is 0 Å². The molecule has 0 saturated heterocycles. The van der Waals surface area contributed by atoms with Gasteiger partial charge in [0, 0.05) is 0 Å². The number of hydrogen-bond donors (Lipinski definition) is 0. The first kappa shape index (κ1) is 64.4. The summed E-state index contributed by atoms with van der Waals surface area (Å²) >= 11 is 0. The smallest absolute Gasteiger partial charge is 0.0533 e. The Kier molecular flexibility index (Phi) is 53.2. The van der Waals surface area contributed by atoms with Crippen LogP contribution in [0.25, 0.3) is 0 Å². The van der Waals surface area contributed by atoms with Gasteiger partial charge in [-0.1, -0.05) is 398 Å². The van der Waals surface area contributed by atoms with Gasteiger partial charge in [-0.3, -0.25) is 0 Å². The third kappa shape index (κ3) is 43.7. The van der Waals surface area contributed by atoms with E-state index in [9.17, 15) is 0 Å². The van der Waals surface area contributed by atoms with Gasteiger partial charge in [0.25, 0.3) is 0 Å². The molecule has 0 aliphatic rings. The van der Waals surface area contributed by atoms with Crippen molar-refractivity contribution >= 4 is 16.1 Å². The van der Waals surface area contributed by atoms with Gasteiger partial charge in [0.2, 0.25) is 0 Å². The molecule has 0 bridgehead atoms. The van der Waals surface area contributed by atoms with Crippen molar-refractivity contribution in [1.29, 1.82) is 0 Å². The highest BCUT2D eigenvalue weighted by molar-refractivity contribution is 6.85. The zero-order valence-corrected chi connectivity index (χ0v) is 48.6. The third-order valence-electron chi connectivity index (χ3n) is 16.5. The minimum absolute atomic E-state index is 1.33. The minimum atomic E-state index is -1.33. The van der Waals surface area contributed by atoms with Gasteiger partial charge >= 0.3 is 0 Å². The van der Waals surface area contributed by atoms with Crippen LogP contribution in [0.3, 0.4) is 0 Å². The zero-order valence-electron chi connectivity index (χ0n) is 46.6. The second kappa shape index (κ2) is 52.8. The van der Waals surface area contributed by atoms with Gasteiger partial charge in [-0.05, 0) is 0 Å². The molecule has 0 fully saturated rings. The zero-order chi connectivity index (χ0) is 46.6. The van der Waals surface area contributed by atoms with Crippen LogP contribution in [0.4, 0.5) is 0 Å². The maximum atomic E-state index is 2.38. The molecule has 0 saturated carbocycles. The van der Waals surface area contributed by atoms with Crippen LogP contribution in [0.15, 0.2) is 0 Å². The summed E-state index contributed by atoms with van der Waals surface area (Å²) in [7, 11) is -2.67. The van der Waals surface area contributed by atoms with Gasteiger partial charge in [0.15, 0.2) is 0 Å². The van der Waals surface area contributed by atoms with Crippen molar-refractivity contribution in [2.24, 2.45) is 0 Å². The van der Waals surface area contributed by atoms with Crippen molar-refractivity contribution < 1.29 is 0 Å². The van der Waals surface area contributed by atoms with Crippen molar-refractivity contribution in [3.05, 3.63) is 0 Å². The van der Waals surface area contributed by atoms with Crippen molar-refractivity contribution in [3.63, 3.8) is 0 Å². The Hall–Kier alpha value is 0.434. The molecule has 0 aliphatic heterocycles. The fourth-order valence-electron chi connectivity index (χ4n) is 11.8. The summed E-state index contributed by atoms with van der Waals surface area (Å²) in [4.78, 5) is 0. The molecule has 0 N–H and O–H groups in total. The Morgan fingerprint density at radius 2 is 0.234 bits per heavy atom. The lowest BCUT2D eigenvalue weighted by Crippen LogP contribution is -2.40. The average molecular weight is 932 g/mol. The van der Waals surface area contributed by atoms with Crippen LogP contribution in [0.2, 0.25) is 48.4 Å². The van der Waals surface area contributed by atoms with Gasteiger partial charge in [0.05, 0.1) is 16.1 Å². The second-order valence-corrected chi connectivity index (χ2v) is 32.8. The summed E-state index contributed by atoms with van der Waals surface area (Å²) in [5, 5.41) is 0. The molecule has 0 rings (SSSR count). The number of unbranched alkanes of at least 4 members (excludes halogenated alkanes) is 42. The summed E-state index contributed by atoms with van der Waals surface area (Å²) in [5.74, 6) is 0. The van der Waals surface area contributed by atoms with Crippen molar-refractivity contribution in [2.75, 3.05) is 0 Å². The van der Waals surface area contributed by atoms with Gasteiger partial charge in [-0.2, -0.15) is 0 Å². The highest BCUT2D eigenvalue weighted by Gasteiger charge is 2.37. The van der Waals surface area contributed by atoms with Crippen LogP contribution in [0.5, 0.6) is 0 Å². The summed E-state index contributed by atoms with van der Waals surface area (Å²) in [6.45, 7) is 14.3. The van der Waals surface area contributed by atoms with E-state index >= 15 is 0 Å². The highest BCUT2D eigenvalue weighted by Crippen LogP contribution is 2.41. The first-order valence-corrected chi connectivity index (χ1v) is 37.2. The Labute approximate surface area is 412 Å². The SMILES string of the molecule is CCCCCCCCCC[Si](CCCCCCCCCC)(CCCCCCCCCC)CC[Si](CCCCCCCCCC)(CCCCCCCCCC)CCCCCCCCCC. The van der Waals surface area contributed by atoms with E-state index in [0.717, 1.165) is 0 Å². The molecule has 0 aliphatic carbocycles. The predicted octanol–water partition coefficient (Wildman–Crippen LogP) is 24.7. The molecule has 0 amide bonds. The van der Waals surface area contributed by atoms with Gasteiger partial charge in [-0.15, -0.1) is 0 Å². The molecular formula is C62H130Si2. The van der Waals surface area contributed by atoms with Gasteiger partial charge in [0.1, 0.15) is 0 Å². The third-order valence-corrected chi connectivity index (χ3v) is 28.2. The van der Waals surface area contributed by atoms with Crippen molar-refractivity contribution in [1.82, 2.24) is 0 Å². The summed E-state index contributed by atoms with van der Waals surface area (Å²) in [5.41, 5.74) is 0. The lowest BCUT2D eigenvalue weighted by molar-refractivity contribution is 0.572. The number of hydrogen-bond acceptors (Lipinski definition) is 0. The molecule has 0 aromatic rings. The Bertz CT molecular complexity index is 668. The van der Waals surface area contributed by atoms with Crippen LogP contribution in [-0.4, -0.2) is 16.1 Å². The highest BCUT2D eigenvalue weighted by atomic mass is 28.3. The lowest BCUT2D eigenvalue weighted by Gasteiger charge is -2.39. The molecule has 0 aromatic heterocycles. The topological polar surface area (TPSA) is 0 Å². The fourth-order valence-corrected chi connectivity index (χ4v) is 25.1. The molecule has 0 heterocycles. The van der Waals surface area contributed by atoms with E-state index < -0.39 is 16.1 Å². The quantitative estimate of drug-likeness (QED) is 0.0421. The van der Waals surface area contributed by atoms with E-state index in [0.29, 0.717) is 0 Å². The standard InChI is InChI=1S/C62H130Si2/c1-7-13-19-25-31-37-43-49-55-63(56-50-44-38-32-26-20-14-8-2,57-51-45-39-33-27-21-15-9-3)61-62-64(58-52-46-40-34-28-22-16-10-4,59-53-47-41-35-29-23-17-11-5)60-54-48-42-36-30-24-18-12-6/h7-62H2,1-6H3. The van der Waals surface area contributed by atoms with Gasteiger partial charge in [-0.25, -0.2) is 0 Å². The summed E-state index contributed by atoms with van der Waals surface area (Å²) < 4.78 is 0. The largest absolute Gasteiger partial charge is 0.0654 e. The average Bonchev–Trinajstić information content (AvgIpc) is 3.30. The second-order valence-electron chi connectivity index (χ2n) is 22.8. The maximum Gasteiger partial charge on any atom is 0.0533 e. The molecule has 64 heavy (non-hydrogen) atoms. The molecule has 0 radical (unpaired) electrons. The van der Waals surface area contributed by atoms with Crippen molar-refractivity contribution in [3.8, 4) is 0 Å². The Morgan fingerprint density at radius 1 is 0.125 bits per heavy atom. The van der Waals surface area contributed by atoms with E-state index in [-0.39, 0.29) is 0 Å². The number of rotatable bonds is 57. The molecule has 2 heteroatoms. The Balaban J connectivity index is 6.36. The molecule has 0 aromatic carbocycles. The normalized spacial score (nSPS) is 12.3. The van der Waals surface area contributed by atoms with Gasteiger partial charge < -0.3 is 0 Å².